The van der Waals surface area contributed by atoms with E-state index in [2.05, 4.69) is 17.0 Å². The summed E-state index contributed by atoms with van der Waals surface area (Å²) >= 11 is 0. The van der Waals surface area contributed by atoms with Gasteiger partial charge in [-0.25, -0.2) is 4.79 Å². The Balaban J connectivity index is 1.30. The fourth-order valence-corrected chi connectivity index (χ4v) is 5.31. The SMILES string of the molecule is CCOC(=O)N1CCN(C(=O)[C@@H]2CN(CC3CC3)[C@H]3c4ccccc4OC[C@@H]23)CC1. The summed E-state index contributed by atoms with van der Waals surface area (Å²) in [5.74, 6) is 2.11. The van der Waals surface area contributed by atoms with Gasteiger partial charge < -0.3 is 19.3 Å². The van der Waals surface area contributed by atoms with Crippen LogP contribution in [-0.4, -0.2) is 79.2 Å². The maximum Gasteiger partial charge on any atom is 0.409 e. The van der Waals surface area contributed by atoms with Gasteiger partial charge >= 0.3 is 6.09 Å². The smallest absolute Gasteiger partial charge is 0.409 e. The average molecular weight is 414 g/mol. The fourth-order valence-electron chi connectivity index (χ4n) is 5.31. The van der Waals surface area contributed by atoms with E-state index < -0.39 is 0 Å². The normalized spacial score (nSPS) is 28.5. The first-order chi connectivity index (χ1) is 14.7. The van der Waals surface area contributed by atoms with Crippen LogP contribution in [0.1, 0.15) is 31.4 Å². The van der Waals surface area contributed by atoms with Gasteiger partial charge in [0.15, 0.2) is 0 Å². The van der Waals surface area contributed by atoms with Gasteiger partial charge in [-0.1, -0.05) is 18.2 Å². The molecule has 5 rings (SSSR count). The molecule has 3 heterocycles. The maximum atomic E-state index is 13.5. The summed E-state index contributed by atoms with van der Waals surface area (Å²) in [7, 11) is 0. The number of carbonyl (C=O) groups is 2. The zero-order valence-electron chi connectivity index (χ0n) is 17.7. The Hall–Kier alpha value is -2.28. The molecule has 3 fully saturated rings. The quantitative estimate of drug-likeness (QED) is 0.759. The van der Waals surface area contributed by atoms with Crippen molar-refractivity contribution in [1.29, 1.82) is 0 Å². The van der Waals surface area contributed by atoms with E-state index in [1.54, 1.807) is 4.90 Å². The largest absolute Gasteiger partial charge is 0.493 e. The molecule has 0 bridgehead atoms. The highest BCUT2D eigenvalue weighted by atomic mass is 16.6. The second-order valence-electron chi connectivity index (χ2n) is 8.97. The van der Waals surface area contributed by atoms with Crippen molar-refractivity contribution in [3.05, 3.63) is 29.8 Å². The van der Waals surface area contributed by atoms with Gasteiger partial charge in [0.2, 0.25) is 5.91 Å². The molecule has 7 heteroatoms. The first-order valence-electron chi connectivity index (χ1n) is 11.3. The summed E-state index contributed by atoms with van der Waals surface area (Å²) in [4.78, 5) is 31.7. The number of carbonyl (C=O) groups excluding carboxylic acids is 2. The maximum absolute atomic E-state index is 13.5. The summed E-state index contributed by atoms with van der Waals surface area (Å²) in [6, 6.07) is 8.57. The first-order valence-corrected chi connectivity index (χ1v) is 11.3. The molecule has 2 saturated heterocycles. The van der Waals surface area contributed by atoms with Crippen LogP contribution >= 0.6 is 0 Å². The highest BCUT2D eigenvalue weighted by molar-refractivity contribution is 5.80. The molecule has 0 radical (unpaired) electrons. The van der Waals surface area contributed by atoms with Gasteiger partial charge in [0.25, 0.3) is 0 Å². The predicted octanol–water partition coefficient (Wildman–Crippen LogP) is 2.38. The van der Waals surface area contributed by atoms with Crippen molar-refractivity contribution < 1.29 is 19.1 Å². The van der Waals surface area contributed by atoms with Crippen molar-refractivity contribution in [2.75, 3.05) is 52.5 Å². The zero-order chi connectivity index (χ0) is 20.7. The van der Waals surface area contributed by atoms with E-state index in [-0.39, 0.29) is 29.9 Å². The van der Waals surface area contributed by atoms with Crippen LogP contribution in [0.4, 0.5) is 4.79 Å². The molecule has 2 amide bonds. The molecule has 1 aliphatic carbocycles. The minimum atomic E-state index is -0.279. The number of rotatable bonds is 4. The number of likely N-dealkylation sites (tertiary alicyclic amines) is 1. The topological polar surface area (TPSA) is 62.3 Å². The van der Waals surface area contributed by atoms with Crippen LogP contribution in [0.15, 0.2) is 24.3 Å². The van der Waals surface area contributed by atoms with Gasteiger partial charge in [-0.3, -0.25) is 9.69 Å². The highest BCUT2D eigenvalue weighted by Crippen LogP contribution is 2.49. The minimum Gasteiger partial charge on any atom is -0.493 e. The van der Waals surface area contributed by atoms with E-state index in [0.29, 0.717) is 39.4 Å². The Kier molecular flexibility index (Phi) is 5.31. The third-order valence-electron chi connectivity index (χ3n) is 7.04. The number of piperazine rings is 1. The molecule has 1 aromatic carbocycles. The molecular formula is C23H31N3O4. The molecule has 3 atom stereocenters. The van der Waals surface area contributed by atoms with Crippen molar-refractivity contribution in [3.8, 4) is 5.75 Å². The Bertz CT molecular complexity index is 803. The number of para-hydroxylation sites is 1. The molecule has 1 saturated carbocycles. The van der Waals surface area contributed by atoms with Crippen LogP contribution in [-0.2, 0) is 9.53 Å². The number of fused-ring (bicyclic) bond motifs is 3. The third kappa shape index (κ3) is 3.64. The summed E-state index contributed by atoms with van der Waals surface area (Å²) < 4.78 is 11.2. The van der Waals surface area contributed by atoms with Crippen LogP contribution in [0.2, 0.25) is 0 Å². The van der Waals surface area contributed by atoms with Gasteiger partial charge in [-0.2, -0.15) is 0 Å². The summed E-state index contributed by atoms with van der Waals surface area (Å²) in [5, 5.41) is 0. The number of hydrogen-bond acceptors (Lipinski definition) is 5. The lowest BCUT2D eigenvalue weighted by Crippen LogP contribution is -2.53. The van der Waals surface area contributed by atoms with E-state index >= 15 is 0 Å². The standard InChI is InChI=1S/C23H31N3O4/c1-2-29-23(28)25-11-9-24(10-12-25)22(27)18-14-26(13-16-7-8-16)21-17-5-3-4-6-20(17)30-15-19(18)21/h3-6,16,18-19,21H,2,7-15H2,1H3/t18-,19+,21+/m1/s1. The Morgan fingerprint density at radius 1 is 1.10 bits per heavy atom. The number of nitrogens with zero attached hydrogens (tertiary/aromatic N) is 3. The van der Waals surface area contributed by atoms with Crippen LogP contribution in [0.25, 0.3) is 0 Å². The molecule has 162 valence electrons. The molecule has 0 N–H and O–H groups in total. The van der Waals surface area contributed by atoms with E-state index in [1.165, 1.54) is 18.4 Å². The Labute approximate surface area is 177 Å². The Morgan fingerprint density at radius 2 is 1.83 bits per heavy atom. The first kappa shape index (κ1) is 19.7. The second kappa shape index (κ2) is 8.10. The molecular weight excluding hydrogens is 382 g/mol. The highest BCUT2D eigenvalue weighted by Gasteiger charge is 2.50. The molecule has 0 spiro atoms. The zero-order valence-corrected chi connectivity index (χ0v) is 17.7. The molecule has 4 aliphatic rings. The molecule has 30 heavy (non-hydrogen) atoms. The van der Waals surface area contributed by atoms with Crippen molar-refractivity contribution in [1.82, 2.24) is 14.7 Å². The molecule has 0 aromatic heterocycles. The summed E-state index contributed by atoms with van der Waals surface area (Å²) in [6.45, 7) is 6.90. The van der Waals surface area contributed by atoms with Gasteiger partial charge in [-0.15, -0.1) is 0 Å². The van der Waals surface area contributed by atoms with Crippen LogP contribution in [0, 0.1) is 17.8 Å². The average Bonchev–Trinajstić information content (AvgIpc) is 3.52. The van der Waals surface area contributed by atoms with Gasteiger partial charge in [-0.05, 0) is 31.7 Å². The van der Waals surface area contributed by atoms with Gasteiger partial charge in [0.1, 0.15) is 5.75 Å². The molecule has 7 nitrogen and oxygen atoms in total. The van der Waals surface area contributed by atoms with Crippen LogP contribution in [0.5, 0.6) is 5.75 Å². The monoisotopic (exact) mass is 413 g/mol. The molecule has 0 unspecified atom stereocenters. The number of ether oxygens (including phenoxy) is 2. The second-order valence-corrected chi connectivity index (χ2v) is 8.97. The predicted molar refractivity (Wildman–Crippen MR) is 111 cm³/mol. The van der Waals surface area contributed by atoms with E-state index in [9.17, 15) is 9.59 Å². The number of amides is 2. The van der Waals surface area contributed by atoms with Crippen molar-refractivity contribution >= 4 is 12.0 Å². The van der Waals surface area contributed by atoms with Crippen LogP contribution < -0.4 is 4.74 Å². The van der Waals surface area contributed by atoms with Crippen LogP contribution in [0.3, 0.4) is 0 Å². The lowest BCUT2D eigenvalue weighted by Gasteiger charge is -2.37. The van der Waals surface area contributed by atoms with E-state index in [4.69, 9.17) is 9.47 Å². The summed E-state index contributed by atoms with van der Waals surface area (Å²) in [6.07, 6.45) is 2.33. The lowest BCUT2D eigenvalue weighted by atomic mass is 9.84. The minimum absolute atomic E-state index is 0.0451. The Morgan fingerprint density at radius 3 is 2.57 bits per heavy atom. The van der Waals surface area contributed by atoms with Gasteiger partial charge in [0.05, 0.1) is 19.1 Å². The third-order valence-corrected chi connectivity index (χ3v) is 7.04. The fraction of sp³-hybridized carbons (Fsp3) is 0.652. The van der Waals surface area contributed by atoms with Gasteiger partial charge in [0, 0.05) is 56.8 Å². The molecule has 3 aliphatic heterocycles. The summed E-state index contributed by atoms with van der Waals surface area (Å²) in [5.41, 5.74) is 1.23. The molecule has 1 aromatic rings. The van der Waals surface area contributed by atoms with E-state index in [1.807, 2.05) is 24.0 Å². The van der Waals surface area contributed by atoms with Crippen molar-refractivity contribution in [3.63, 3.8) is 0 Å². The van der Waals surface area contributed by atoms with Crippen molar-refractivity contribution in [2.24, 2.45) is 17.8 Å². The lowest BCUT2D eigenvalue weighted by molar-refractivity contribution is -0.138. The van der Waals surface area contributed by atoms with Crippen molar-refractivity contribution in [2.45, 2.75) is 25.8 Å². The number of hydrogen-bond donors (Lipinski definition) is 0. The van der Waals surface area contributed by atoms with E-state index in [0.717, 1.165) is 24.8 Å². The number of benzene rings is 1.